The van der Waals surface area contributed by atoms with Crippen LogP contribution < -0.4 is 4.74 Å². The molecular formula is C15H13NO4. The van der Waals surface area contributed by atoms with Gasteiger partial charge in [-0.2, -0.15) is 0 Å². The fourth-order valence-corrected chi connectivity index (χ4v) is 2.20. The lowest BCUT2D eigenvalue weighted by atomic mass is 9.92. The molecular weight excluding hydrogens is 258 g/mol. The molecule has 2 aromatic rings. The molecule has 1 atom stereocenters. The lowest BCUT2D eigenvalue weighted by Gasteiger charge is -2.23. The van der Waals surface area contributed by atoms with E-state index >= 15 is 0 Å². The number of ether oxygens (including phenoxy) is 1. The van der Waals surface area contributed by atoms with Gasteiger partial charge in [0.1, 0.15) is 5.75 Å². The maximum atomic E-state index is 11.1. The number of aliphatic hydroxyl groups is 1. The summed E-state index contributed by atoms with van der Waals surface area (Å²) in [6.07, 6.45) is 2.26. The van der Waals surface area contributed by atoms with Crippen LogP contribution in [0.4, 0.5) is 0 Å². The van der Waals surface area contributed by atoms with Gasteiger partial charge in [0.15, 0.2) is 5.60 Å². The monoisotopic (exact) mass is 271 g/mol. The van der Waals surface area contributed by atoms with E-state index in [9.17, 15) is 9.90 Å². The largest absolute Gasteiger partial charge is 0.479 e. The molecule has 0 amide bonds. The van der Waals surface area contributed by atoms with Gasteiger partial charge in [-0.15, -0.1) is 0 Å². The lowest BCUT2D eigenvalue weighted by Crippen LogP contribution is -2.32. The molecule has 0 saturated heterocycles. The molecule has 3 rings (SSSR count). The molecule has 1 aliphatic rings. The van der Waals surface area contributed by atoms with E-state index in [1.807, 2.05) is 12.1 Å². The highest BCUT2D eigenvalue weighted by Crippen LogP contribution is 2.36. The molecule has 0 aliphatic carbocycles. The van der Waals surface area contributed by atoms with Crippen molar-refractivity contribution in [3.05, 3.63) is 53.2 Å². The van der Waals surface area contributed by atoms with E-state index in [-0.39, 0.29) is 0 Å². The number of carbonyl (C=O) groups is 1. The van der Waals surface area contributed by atoms with Gasteiger partial charge in [-0.25, -0.2) is 9.78 Å². The molecule has 1 aromatic carbocycles. The van der Waals surface area contributed by atoms with Crippen molar-refractivity contribution < 1.29 is 19.7 Å². The number of aromatic nitrogens is 1. The van der Waals surface area contributed by atoms with Gasteiger partial charge >= 0.3 is 5.97 Å². The number of nitrogens with zero attached hydrogens (tertiary/aromatic N) is 1. The van der Waals surface area contributed by atoms with Gasteiger partial charge < -0.3 is 14.9 Å². The molecule has 5 nitrogen and oxygen atoms in total. The predicted octanol–water partition coefficient (Wildman–Crippen LogP) is 2.07. The first-order valence-electron chi connectivity index (χ1n) is 6.19. The fraction of sp³-hybridized carbons (Fsp3) is 0.200. The molecule has 1 aromatic heterocycles. The summed E-state index contributed by atoms with van der Waals surface area (Å²) >= 11 is 0. The minimum Gasteiger partial charge on any atom is -0.479 e. The van der Waals surface area contributed by atoms with Crippen molar-refractivity contribution in [1.29, 1.82) is 0 Å². The molecule has 20 heavy (non-hydrogen) atoms. The number of rotatable bonds is 2. The second kappa shape index (κ2) is 4.31. The predicted molar refractivity (Wildman–Crippen MR) is 70.8 cm³/mol. The number of hydrogen-bond donors (Lipinski definition) is 2. The van der Waals surface area contributed by atoms with Gasteiger partial charge in [0.25, 0.3) is 0 Å². The molecule has 0 saturated carbocycles. The quantitative estimate of drug-likeness (QED) is 0.746. The number of fused-ring (bicyclic) bond motifs is 2. The maximum absolute atomic E-state index is 11.1. The van der Waals surface area contributed by atoms with E-state index < -0.39 is 11.6 Å². The first kappa shape index (κ1) is 12.6. The third kappa shape index (κ3) is 1.92. The second-order valence-electron chi connectivity index (χ2n) is 4.95. The van der Waals surface area contributed by atoms with Crippen molar-refractivity contribution in [2.45, 2.75) is 18.9 Å². The molecule has 2 N–H and O–H groups in total. The summed E-state index contributed by atoms with van der Waals surface area (Å²) in [6.45, 7) is 1.26. The topological polar surface area (TPSA) is 79.7 Å². The van der Waals surface area contributed by atoms with Crippen LogP contribution in [0.15, 0.2) is 36.5 Å². The Hall–Kier alpha value is -2.40. The van der Waals surface area contributed by atoms with Crippen LogP contribution in [0.25, 0.3) is 0 Å². The third-order valence-corrected chi connectivity index (χ3v) is 3.48. The fourth-order valence-electron chi connectivity index (χ4n) is 2.20. The smallest absolute Gasteiger partial charge is 0.340 e. The first-order chi connectivity index (χ1) is 9.48. The molecule has 102 valence electrons. The summed E-state index contributed by atoms with van der Waals surface area (Å²) < 4.78 is 5.67. The highest BCUT2D eigenvalue weighted by atomic mass is 16.5. The molecule has 5 heteroatoms. The van der Waals surface area contributed by atoms with Gasteiger partial charge in [-0.3, -0.25) is 0 Å². The zero-order chi connectivity index (χ0) is 14.3. The molecule has 1 unspecified atom stereocenters. The van der Waals surface area contributed by atoms with E-state index in [1.54, 1.807) is 24.4 Å². The highest BCUT2D eigenvalue weighted by Gasteiger charge is 2.33. The normalized spacial score (nSPS) is 15.5. The Bertz CT molecular complexity index is 694. The SMILES string of the molecule is CC(O)(C(=O)O)c1ccc2c(c1)Cc1cccnc1O2. The number of benzene rings is 1. The zero-order valence-corrected chi connectivity index (χ0v) is 10.8. The Balaban J connectivity index is 2.02. The highest BCUT2D eigenvalue weighted by molar-refractivity contribution is 5.78. The molecule has 0 radical (unpaired) electrons. The Kier molecular flexibility index (Phi) is 2.72. The van der Waals surface area contributed by atoms with E-state index in [1.165, 1.54) is 6.92 Å². The van der Waals surface area contributed by atoms with Crippen LogP contribution in [0.1, 0.15) is 23.6 Å². The first-order valence-corrected chi connectivity index (χ1v) is 6.19. The molecule has 1 aliphatic heterocycles. The van der Waals surface area contributed by atoms with Gasteiger partial charge in [-0.05, 0) is 36.2 Å². The lowest BCUT2D eigenvalue weighted by molar-refractivity contribution is -0.157. The summed E-state index contributed by atoms with van der Waals surface area (Å²) in [6, 6.07) is 8.62. The summed E-state index contributed by atoms with van der Waals surface area (Å²) in [5.41, 5.74) is 0.195. The minimum absolute atomic E-state index is 0.333. The van der Waals surface area contributed by atoms with Gasteiger partial charge in [-0.1, -0.05) is 12.1 Å². The Labute approximate surface area is 115 Å². The number of pyridine rings is 1. The maximum Gasteiger partial charge on any atom is 0.340 e. The number of carboxylic acid groups (broad SMARTS) is 1. The summed E-state index contributed by atoms with van der Waals surface area (Å²) in [5, 5.41) is 19.1. The molecule has 0 fully saturated rings. The van der Waals surface area contributed by atoms with Crippen LogP contribution in [-0.2, 0) is 16.8 Å². The number of aliphatic carboxylic acids is 1. The summed E-state index contributed by atoms with van der Waals surface area (Å²) in [4.78, 5) is 15.2. The van der Waals surface area contributed by atoms with Crippen LogP contribution in [0.5, 0.6) is 11.6 Å². The number of hydrogen-bond acceptors (Lipinski definition) is 4. The van der Waals surface area contributed by atoms with E-state index in [4.69, 9.17) is 9.84 Å². The van der Waals surface area contributed by atoms with Gasteiger partial charge in [0, 0.05) is 18.2 Å². The molecule has 0 bridgehead atoms. The van der Waals surface area contributed by atoms with Crippen LogP contribution in [0.3, 0.4) is 0 Å². The molecule has 2 heterocycles. The molecule has 0 spiro atoms. The second-order valence-corrected chi connectivity index (χ2v) is 4.95. The van der Waals surface area contributed by atoms with Crippen LogP contribution in [0, 0.1) is 0 Å². The van der Waals surface area contributed by atoms with Gasteiger partial charge in [0.05, 0.1) is 0 Å². The Morgan fingerprint density at radius 1 is 1.35 bits per heavy atom. The van der Waals surface area contributed by atoms with E-state index in [0.29, 0.717) is 23.6 Å². The standard InChI is InChI=1S/C15H13NO4/c1-15(19,14(17)18)11-4-5-12-10(8-11)7-9-3-2-6-16-13(9)20-12/h2-6,8,19H,7H2,1H3,(H,17,18). The van der Waals surface area contributed by atoms with Gasteiger partial charge in [0.2, 0.25) is 5.88 Å². The average Bonchev–Trinajstić information content (AvgIpc) is 2.44. The summed E-state index contributed by atoms with van der Waals surface area (Å²) in [5.74, 6) is -0.0740. The zero-order valence-electron chi connectivity index (χ0n) is 10.8. The minimum atomic E-state index is -1.91. The van der Waals surface area contributed by atoms with Crippen molar-refractivity contribution in [3.63, 3.8) is 0 Å². The number of carboxylic acids is 1. The van der Waals surface area contributed by atoms with Crippen LogP contribution in [0.2, 0.25) is 0 Å². The van der Waals surface area contributed by atoms with Crippen molar-refractivity contribution in [3.8, 4) is 11.6 Å². The van der Waals surface area contributed by atoms with E-state index in [2.05, 4.69) is 4.98 Å². The van der Waals surface area contributed by atoms with Crippen molar-refractivity contribution in [2.75, 3.05) is 0 Å². The van der Waals surface area contributed by atoms with Crippen LogP contribution in [-0.4, -0.2) is 21.2 Å². The summed E-state index contributed by atoms with van der Waals surface area (Å²) in [7, 11) is 0. The van der Waals surface area contributed by atoms with Crippen LogP contribution >= 0.6 is 0 Å². The Morgan fingerprint density at radius 2 is 2.15 bits per heavy atom. The Morgan fingerprint density at radius 3 is 2.90 bits per heavy atom. The van der Waals surface area contributed by atoms with Crippen molar-refractivity contribution >= 4 is 5.97 Å². The third-order valence-electron chi connectivity index (χ3n) is 3.48. The van der Waals surface area contributed by atoms with Crippen molar-refractivity contribution in [2.24, 2.45) is 0 Å². The average molecular weight is 271 g/mol. The van der Waals surface area contributed by atoms with E-state index in [0.717, 1.165) is 11.1 Å². The van der Waals surface area contributed by atoms with Crippen molar-refractivity contribution in [1.82, 2.24) is 4.98 Å².